The first-order valence-electron chi connectivity index (χ1n) is 15.8. The van der Waals surface area contributed by atoms with Gasteiger partial charge in [0.1, 0.15) is 0 Å². The van der Waals surface area contributed by atoms with E-state index < -0.39 is 17.9 Å². The molecule has 0 bridgehead atoms. The number of carbonyl (C=O) groups excluding carboxylic acids is 4. The zero-order chi connectivity index (χ0) is 32.7. The van der Waals surface area contributed by atoms with Crippen molar-refractivity contribution in [1.82, 2.24) is 9.80 Å². The van der Waals surface area contributed by atoms with Crippen molar-refractivity contribution in [2.24, 2.45) is 23.7 Å². The fourth-order valence-corrected chi connectivity index (χ4v) is 5.52. The largest absolute Gasteiger partial charge is 0.465 e. The second-order valence-electron chi connectivity index (χ2n) is 12.0. The fraction of sp³-hybridized carbons (Fsp3) is 0.871. The Bertz CT molecular complexity index is 823. The first kappa shape index (κ1) is 40.1. The third-order valence-electron chi connectivity index (χ3n) is 7.66. The molecule has 2 atom stereocenters. The molecule has 2 unspecified atom stereocenters. The second-order valence-corrected chi connectivity index (χ2v) is 13.1. The topological polar surface area (TPSA) is 152 Å². The Hall–Kier alpha value is -1.93. The summed E-state index contributed by atoms with van der Waals surface area (Å²) in [7, 11) is 5.40. The SMILES string of the molecule is COCC(CO)COC(=O)CCN(CCC(=O)OCC(CO)COC(=O)CCC1CCC(C)CC1)C(=O)SCCCN(C)C. The van der Waals surface area contributed by atoms with Gasteiger partial charge in [-0.15, -0.1) is 0 Å². The first-order valence-corrected chi connectivity index (χ1v) is 16.8. The number of hydrogen-bond acceptors (Lipinski definition) is 12. The Balaban J connectivity index is 2.47. The highest BCUT2D eigenvalue weighted by molar-refractivity contribution is 8.13. The van der Waals surface area contributed by atoms with Crippen LogP contribution in [-0.2, 0) is 33.3 Å². The van der Waals surface area contributed by atoms with Gasteiger partial charge in [-0.25, -0.2) is 0 Å². The monoisotopic (exact) mass is 648 g/mol. The molecule has 13 heteroatoms. The van der Waals surface area contributed by atoms with Crippen molar-refractivity contribution in [2.45, 2.75) is 64.7 Å². The van der Waals surface area contributed by atoms with Crippen molar-refractivity contribution in [2.75, 3.05) is 86.2 Å². The highest BCUT2D eigenvalue weighted by Gasteiger charge is 2.22. The predicted molar refractivity (Wildman–Crippen MR) is 168 cm³/mol. The minimum atomic E-state index is -0.565. The molecule has 0 radical (unpaired) electrons. The predicted octanol–water partition coefficient (Wildman–Crippen LogP) is 2.97. The summed E-state index contributed by atoms with van der Waals surface area (Å²) in [4.78, 5) is 53.3. The van der Waals surface area contributed by atoms with E-state index in [4.69, 9.17) is 18.9 Å². The lowest BCUT2D eigenvalue weighted by molar-refractivity contribution is -0.150. The van der Waals surface area contributed by atoms with Gasteiger partial charge in [0.2, 0.25) is 0 Å². The number of ether oxygens (including phenoxy) is 4. The molecule has 1 saturated carbocycles. The zero-order valence-electron chi connectivity index (χ0n) is 27.2. The maximum absolute atomic E-state index is 12.9. The smallest absolute Gasteiger partial charge is 0.307 e. The Morgan fingerprint density at radius 2 is 1.27 bits per heavy atom. The van der Waals surface area contributed by atoms with Crippen LogP contribution in [-0.4, -0.2) is 129 Å². The van der Waals surface area contributed by atoms with Crippen LogP contribution in [0, 0.1) is 23.7 Å². The fourth-order valence-electron chi connectivity index (χ4n) is 4.71. The van der Waals surface area contributed by atoms with Crippen molar-refractivity contribution < 1.29 is 48.3 Å². The normalized spacial score (nSPS) is 18.0. The molecule has 1 rings (SSSR count). The molecule has 2 N–H and O–H groups in total. The Kier molecular flexibility index (Phi) is 22.2. The summed E-state index contributed by atoms with van der Waals surface area (Å²) < 4.78 is 20.8. The van der Waals surface area contributed by atoms with Crippen LogP contribution in [0.3, 0.4) is 0 Å². The second kappa shape index (κ2) is 24.3. The Morgan fingerprint density at radius 1 is 0.773 bits per heavy atom. The summed E-state index contributed by atoms with van der Waals surface area (Å²) in [6, 6.07) is 0. The molecular weight excluding hydrogens is 592 g/mol. The number of rotatable bonds is 23. The minimum absolute atomic E-state index is 0.00389. The minimum Gasteiger partial charge on any atom is -0.465 e. The lowest BCUT2D eigenvalue weighted by atomic mass is 9.81. The Morgan fingerprint density at radius 3 is 1.75 bits per heavy atom. The summed E-state index contributed by atoms with van der Waals surface area (Å²) in [5.41, 5.74) is 0. The molecule has 1 amide bonds. The third kappa shape index (κ3) is 19.5. The van der Waals surface area contributed by atoms with Gasteiger partial charge in [0.05, 0.1) is 58.4 Å². The van der Waals surface area contributed by atoms with Crippen molar-refractivity contribution in [3.63, 3.8) is 0 Å². The maximum atomic E-state index is 12.9. The number of hydrogen-bond donors (Lipinski definition) is 2. The van der Waals surface area contributed by atoms with Crippen molar-refractivity contribution in [3.8, 4) is 0 Å². The standard InChI is InChI=1S/C31H56N2O10S/c1-24-6-8-25(9-7-24)10-11-28(36)41-22-27(19-35)23-43-30(38)13-16-33(31(39)44-17-5-14-32(2)3)15-12-29(37)42-21-26(18-34)20-40-4/h24-27,34-35H,5-23H2,1-4H3. The molecule has 0 aliphatic heterocycles. The van der Waals surface area contributed by atoms with Crippen LogP contribution >= 0.6 is 11.8 Å². The van der Waals surface area contributed by atoms with E-state index in [0.29, 0.717) is 18.1 Å². The molecule has 256 valence electrons. The van der Waals surface area contributed by atoms with Crippen LogP contribution in [0.15, 0.2) is 0 Å². The average molecular weight is 649 g/mol. The van der Waals surface area contributed by atoms with E-state index in [-0.39, 0.29) is 82.7 Å². The summed E-state index contributed by atoms with van der Waals surface area (Å²) in [6.07, 6.45) is 6.48. The number of aliphatic hydroxyl groups excluding tert-OH is 2. The molecule has 0 aromatic rings. The summed E-state index contributed by atoms with van der Waals surface area (Å²) >= 11 is 1.13. The Labute approximate surface area is 267 Å². The van der Waals surface area contributed by atoms with Crippen molar-refractivity contribution >= 4 is 34.9 Å². The van der Waals surface area contributed by atoms with Crippen LogP contribution in [0.2, 0.25) is 0 Å². The summed E-state index contributed by atoms with van der Waals surface area (Å²) in [5.74, 6) is -0.367. The van der Waals surface area contributed by atoms with E-state index in [0.717, 1.165) is 49.9 Å². The highest BCUT2D eigenvalue weighted by atomic mass is 32.2. The van der Waals surface area contributed by atoms with Gasteiger partial charge >= 0.3 is 17.9 Å². The lowest BCUT2D eigenvalue weighted by Gasteiger charge is -2.25. The summed E-state index contributed by atoms with van der Waals surface area (Å²) in [6.45, 7) is 2.81. The van der Waals surface area contributed by atoms with Gasteiger partial charge in [-0.05, 0) is 45.3 Å². The van der Waals surface area contributed by atoms with Gasteiger partial charge in [-0.3, -0.25) is 19.2 Å². The molecule has 1 fully saturated rings. The molecular formula is C31H56N2O10S. The van der Waals surface area contributed by atoms with Gasteiger partial charge in [0, 0.05) is 38.3 Å². The van der Waals surface area contributed by atoms with Gasteiger partial charge < -0.3 is 39.0 Å². The van der Waals surface area contributed by atoms with Gasteiger partial charge in [-0.1, -0.05) is 44.4 Å². The van der Waals surface area contributed by atoms with Crippen LogP contribution in [0.5, 0.6) is 0 Å². The van der Waals surface area contributed by atoms with Gasteiger partial charge in [-0.2, -0.15) is 0 Å². The molecule has 1 aliphatic carbocycles. The van der Waals surface area contributed by atoms with Crippen LogP contribution in [0.25, 0.3) is 0 Å². The number of carbonyl (C=O) groups is 4. The number of aliphatic hydroxyl groups is 2. The van der Waals surface area contributed by atoms with E-state index >= 15 is 0 Å². The molecule has 44 heavy (non-hydrogen) atoms. The first-order chi connectivity index (χ1) is 21.1. The molecule has 0 aromatic carbocycles. The quantitative estimate of drug-likeness (QED) is 0.0952. The molecule has 0 spiro atoms. The van der Waals surface area contributed by atoms with E-state index in [1.165, 1.54) is 24.9 Å². The van der Waals surface area contributed by atoms with Crippen LogP contribution in [0.4, 0.5) is 4.79 Å². The molecule has 12 nitrogen and oxygen atoms in total. The summed E-state index contributed by atoms with van der Waals surface area (Å²) in [5, 5.41) is 18.8. The number of amides is 1. The molecule has 1 aliphatic rings. The van der Waals surface area contributed by atoms with E-state index in [2.05, 4.69) is 6.92 Å². The lowest BCUT2D eigenvalue weighted by Crippen LogP contribution is -2.33. The van der Waals surface area contributed by atoms with Gasteiger partial charge in [0.15, 0.2) is 0 Å². The molecule has 0 aromatic heterocycles. The number of esters is 3. The van der Waals surface area contributed by atoms with Crippen LogP contribution < -0.4 is 0 Å². The number of methoxy groups -OCH3 is 1. The third-order valence-corrected chi connectivity index (χ3v) is 8.65. The highest BCUT2D eigenvalue weighted by Crippen LogP contribution is 2.31. The molecule has 0 heterocycles. The van der Waals surface area contributed by atoms with Crippen molar-refractivity contribution in [1.29, 1.82) is 0 Å². The van der Waals surface area contributed by atoms with Crippen LogP contribution in [0.1, 0.15) is 64.7 Å². The van der Waals surface area contributed by atoms with E-state index in [1.807, 2.05) is 19.0 Å². The number of nitrogens with zero attached hydrogens (tertiary/aromatic N) is 2. The average Bonchev–Trinajstić information content (AvgIpc) is 3.00. The molecule has 0 saturated heterocycles. The number of thioether (sulfide) groups is 1. The van der Waals surface area contributed by atoms with Crippen molar-refractivity contribution in [3.05, 3.63) is 0 Å². The van der Waals surface area contributed by atoms with Gasteiger partial charge in [0.25, 0.3) is 5.24 Å². The zero-order valence-corrected chi connectivity index (χ0v) is 28.0. The maximum Gasteiger partial charge on any atom is 0.307 e. The van der Waals surface area contributed by atoms with E-state index in [9.17, 15) is 29.4 Å². The van der Waals surface area contributed by atoms with E-state index in [1.54, 1.807) is 0 Å².